The van der Waals surface area contributed by atoms with Gasteiger partial charge in [0.15, 0.2) is 0 Å². The summed E-state index contributed by atoms with van der Waals surface area (Å²) in [7, 11) is 0. The highest BCUT2D eigenvalue weighted by Gasteiger charge is 2.27. The summed E-state index contributed by atoms with van der Waals surface area (Å²) in [5, 5.41) is 0. The molecule has 2 fully saturated rings. The zero-order valence-corrected chi connectivity index (χ0v) is 8.00. The largest absolute Gasteiger partial charge is 0.0772 e. The van der Waals surface area contributed by atoms with E-state index in [0.29, 0.717) is 0 Å². The first kappa shape index (κ1) is 7.61. The van der Waals surface area contributed by atoms with Gasteiger partial charge in [-0.25, -0.2) is 0 Å². The molecule has 0 nitrogen and oxygen atoms in total. The van der Waals surface area contributed by atoms with Crippen molar-refractivity contribution in [3.05, 3.63) is 35.5 Å². The molecular formula is C13H16. The summed E-state index contributed by atoms with van der Waals surface area (Å²) >= 11 is 0. The molecule has 0 atom stereocenters. The van der Waals surface area contributed by atoms with Gasteiger partial charge in [0.2, 0.25) is 0 Å². The van der Waals surface area contributed by atoms with Gasteiger partial charge in [0, 0.05) is 0 Å². The summed E-state index contributed by atoms with van der Waals surface area (Å²) in [5.41, 5.74) is 3.21. The van der Waals surface area contributed by atoms with E-state index in [-0.39, 0.29) is 0 Å². The number of allylic oxidation sites excluding steroid dienone is 6. The van der Waals surface area contributed by atoms with E-state index >= 15 is 0 Å². The maximum Gasteiger partial charge on any atom is -0.0157 e. The molecule has 0 amide bonds. The second-order valence-corrected chi connectivity index (χ2v) is 4.53. The second-order valence-electron chi connectivity index (χ2n) is 4.53. The Labute approximate surface area is 80.0 Å². The Morgan fingerprint density at radius 3 is 1.62 bits per heavy atom. The van der Waals surface area contributed by atoms with Crippen molar-refractivity contribution in [3.8, 4) is 0 Å². The monoisotopic (exact) mass is 172 g/mol. The minimum atomic E-state index is 0.920. The van der Waals surface area contributed by atoms with E-state index in [9.17, 15) is 0 Å². The van der Waals surface area contributed by atoms with Crippen molar-refractivity contribution in [2.45, 2.75) is 32.1 Å². The molecule has 0 aromatic carbocycles. The van der Waals surface area contributed by atoms with Gasteiger partial charge in [-0.1, -0.05) is 24.3 Å². The van der Waals surface area contributed by atoms with Crippen LogP contribution in [0.4, 0.5) is 0 Å². The van der Waals surface area contributed by atoms with E-state index in [4.69, 9.17) is 0 Å². The fourth-order valence-corrected chi connectivity index (χ4v) is 2.10. The van der Waals surface area contributed by atoms with E-state index in [2.05, 4.69) is 24.3 Å². The normalized spacial score (nSPS) is 28.0. The van der Waals surface area contributed by atoms with Crippen molar-refractivity contribution in [2.24, 2.45) is 11.8 Å². The maximum atomic E-state index is 2.42. The molecule has 0 aliphatic heterocycles. The fourth-order valence-electron chi connectivity index (χ4n) is 2.10. The lowest BCUT2D eigenvalue weighted by Gasteiger charge is -1.95. The zero-order valence-electron chi connectivity index (χ0n) is 8.00. The summed E-state index contributed by atoms with van der Waals surface area (Å²) in [6, 6.07) is 0. The van der Waals surface area contributed by atoms with Crippen LogP contribution in [0.5, 0.6) is 0 Å². The minimum absolute atomic E-state index is 0.920. The van der Waals surface area contributed by atoms with Gasteiger partial charge < -0.3 is 0 Å². The van der Waals surface area contributed by atoms with Gasteiger partial charge in [-0.2, -0.15) is 0 Å². The summed E-state index contributed by atoms with van der Waals surface area (Å²) in [6.07, 6.45) is 16.5. The SMILES string of the molecule is C1=CC(C2CC2)=CCC=C1C1CC1. The predicted molar refractivity (Wildman–Crippen MR) is 55.4 cm³/mol. The molecular weight excluding hydrogens is 156 g/mol. The Morgan fingerprint density at radius 1 is 0.769 bits per heavy atom. The Hall–Kier alpha value is -0.780. The van der Waals surface area contributed by atoms with Gasteiger partial charge >= 0.3 is 0 Å². The van der Waals surface area contributed by atoms with Gasteiger partial charge in [0.1, 0.15) is 0 Å². The molecule has 0 spiro atoms. The summed E-state index contributed by atoms with van der Waals surface area (Å²) in [4.78, 5) is 0. The topological polar surface area (TPSA) is 0 Å². The average molecular weight is 172 g/mol. The van der Waals surface area contributed by atoms with Crippen LogP contribution in [0.25, 0.3) is 0 Å². The summed E-state index contributed by atoms with van der Waals surface area (Å²) < 4.78 is 0. The lowest BCUT2D eigenvalue weighted by molar-refractivity contribution is 1.04. The molecule has 2 saturated carbocycles. The third-order valence-corrected chi connectivity index (χ3v) is 3.27. The van der Waals surface area contributed by atoms with Crippen LogP contribution >= 0.6 is 0 Å². The van der Waals surface area contributed by atoms with E-state index in [0.717, 1.165) is 11.8 Å². The average Bonchev–Trinajstić information content (AvgIpc) is 3.02. The van der Waals surface area contributed by atoms with Crippen molar-refractivity contribution < 1.29 is 0 Å². The van der Waals surface area contributed by atoms with Crippen molar-refractivity contribution in [2.75, 3.05) is 0 Å². The fraction of sp³-hybridized carbons (Fsp3) is 0.538. The van der Waals surface area contributed by atoms with Gasteiger partial charge in [0.25, 0.3) is 0 Å². The molecule has 0 bridgehead atoms. The first-order chi connectivity index (χ1) is 6.43. The molecule has 3 aliphatic carbocycles. The third-order valence-electron chi connectivity index (χ3n) is 3.27. The molecule has 0 heteroatoms. The molecule has 0 radical (unpaired) electrons. The van der Waals surface area contributed by atoms with Crippen molar-refractivity contribution in [1.29, 1.82) is 0 Å². The van der Waals surface area contributed by atoms with Crippen molar-refractivity contribution in [1.82, 2.24) is 0 Å². The third kappa shape index (κ3) is 1.63. The van der Waals surface area contributed by atoms with Crippen LogP contribution in [-0.4, -0.2) is 0 Å². The molecule has 0 aromatic heterocycles. The Morgan fingerprint density at radius 2 is 1.23 bits per heavy atom. The van der Waals surface area contributed by atoms with Crippen LogP contribution in [0.15, 0.2) is 35.5 Å². The molecule has 3 aliphatic rings. The number of rotatable bonds is 2. The first-order valence-corrected chi connectivity index (χ1v) is 5.51. The quantitative estimate of drug-likeness (QED) is 0.596. The van der Waals surface area contributed by atoms with Crippen LogP contribution in [-0.2, 0) is 0 Å². The van der Waals surface area contributed by atoms with E-state index < -0.39 is 0 Å². The van der Waals surface area contributed by atoms with Crippen LogP contribution < -0.4 is 0 Å². The lowest BCUT2D eigenvalue weighted by atomic mass is 10.1. The molecule has 0 N–H and O–H groups in total. The van der Waals surface area contributed by atoms with Gasteiger partial charge in [-0.05, 0) is 55.1 Å². The van der Waals surface area contributed by atoms with Crippen LogP contribution in [0.2, 0.25) is 0 Å². The van der Waals surface area contributed by atoms with E-state index in [1.165, 1.54) is 32.1 Å². The molecule has 3 rings (SSSR count). The van der Waals surface area contributed by atoms with Crippen molar-refractivity contribution in [3.63, 3.8) is 0 Å². The highest BCUT2D eigenvalue weighted by atomic mass is 14.3. The minimum Gasteiger partial charge on any atom is -0.0772 e. The first-order valence-electron chi connectivity index (χ1n) is 5.51. The van der Waals surface area contributed by atoms with Gasteiger partial charge in [-0.15, -0.1) is 0 Å². The number of hydrogen-bond acceptors (Lipinski definition) is 0. The Bertz CT molecular complexity index is 266. The number of hydrogen-bond donors (Lipinski definition) is 0. The van der Waals surface area contributed by atoms with Crippen LogP contribution in [0, 0.1) is 11.8 Å². The van der Waals surface area contributed by atoms with Crippen molar-refractivity contribution >= 4 is 0 Å². The zero-order chi connectivity index (χ0) is 8.67. The second kappa shape index (κ2) is 2.87. The lowest BCUT2D eigenvalue weighted by Crippen LogP contribution is -1.80. The van der Waals surface area contributed by atoms with E-state index in [1.807, 2.05) is 0 Å². The van der Waals surface area contributed by atoms with Crippen LogP contribution in [0.1, 0.15) is 32.1 Å². The standard InChI is InChI=1S/C13H16/c1-2-10(12-6-7-12)4-5-11(3-1)13-8-9-13/h2-5,12-13H,1,6-9H2. The summed E-state index contributed by atoms with van der Waals surface area (Å²) in [6.45, 7) is 0. The molecule has 0 aromatic rings. The highest BCUT2D eigenvalue weighted by molar-refractivity contribution is 5.37. The smallest absolute Gasteiger partial charge is 0.0157 e. The maximum absolute atomic E-state index is 2.42. The van der Waals surface area contributed by atoms with Gasteiger partial charge in [0.05, 0.1) is 0 Å². The molecule has 13 heavy (non-hydrogen) atoms. The van der Waals surface area contributed by atoms with Gasteiger partial charge in [-0.3, -0.25) is 0 Å². The summed E-state index contributed by atoms with van der Waals surface area (Å²) in [5.74, 6) is 1.84. The Balaban J connectivity index is 1.76. The molecule has 0 unspecified atom stereocenters. The molecule has 0 heterocycles. The van der Waals surface area contributed by atoms with Crippen LogP contribution in [0.3, 0.4) is 0 Å². The highest BCUT2D eigenvalue weighted by Crippen LogP contribution is 2.41. The Kier molecular flexibility index (Phi) is 1.68. The molecule has 0 saturated heterocycles. The predicted octanol–water partition coefficient (Wildman–Crippen LogP) is 3.62. The van der Waals surface area contributed by atoms with E-state index in [1.54, 1.807) is 11.1 Å². The molecule has 68 valence electrons.